The number of likely N-dealkylation sites (N-methyl/N-ethyl adjacent to an activating group) is 1. The first-order chi connectivity index (χ1) is 7.22. The van der Waals surface area contributed by atoms with Gasteiger partial charge in [-0.2, -0.15) is 0 Å². The van der Waals surface area contributed by atoms with E-state index in [1.165, 1.54) is 5.56 Å². The molecule has 0 amide bonds. The highest BCUT2D eigenvalue weighted by atomic mass is 79.9. The fourth-order valence-electron chi connectivity index (χ4n) is 1.30. The molecule has 0 saturated carbocycles. The van der Waals surface area contributed by atoms with Crippen molar-refractivity contribution in [3.8, 4) is 0 Å². The van der Waals surface area contributed by atoms with Crippen LogP contribution in [0.3, 0.4) is 0 Å². The van der Waals surface area contributed by atoms with Crippen molar-refractivity contribution in [2.24, 2.45) is 0 Å². The van der Waals surface area contributed by atoms with Crippen LogP contribution in [0.2, 0.25) is 0 Å². The van der Waals surface area contributed by atoms with Crippen molar-refractivity contribution < 1.29 is 0 Å². The van der Waals surface area contributed by atoms with Crippen LogP contribution in [0.5, 0.6) is 0 Å². The van der Waals surface area contributed by atoms with Crippen LogP contribution in [-0.4, -0.2) is 19.6 Å². The Hall–Kier alpha value is 0.1000. The lowest BCUT2D eigenvalue weighted by Gasteiger charge is -2.06. The molecule has 0 radical (unpaired) electrons. The standard InChI is InChI=1S/C11H16Br2N2/c1-2-14-3-4-15-8-9-5-10(12)7-11(13)6-9/h5-7,14-15H,2-4,8H2,1H3. The minimum atomic E-state index is 0.906. The molecular formula is C11H16Br2N2. The Morgan fingerprint density at radius 3 is 2.20 bits per heavy atom. The molecule has 15 heavy (non-hydrogen) atoms. The van der Waals surface area contributed by atoms with Crippen molar-refractivity contribution in [1.29, 1.82) is 0 Å². The number of benzene rings is 1. The van der Waals surface area contributed by atoms with Gasteiger partial charge in [0.25, 0.3) is 0 Å². The van der Waals surface area contributed by atoms with Gasteiger partial charge in [-0.05, 0) is 30.3 Å². The topological polar surface area (TPSA) is 24.1 Å². The van der Waals surface area contributed by atoms with E-state index >= 15 is 0 Å². The average molecular weight is 336 g/mol. The molecule has 0 spiro atoms. The second-order valence-electron chi connectivity index (χ2n) is 3.31. The third-order valence-corrected chi connectivity index (χ3v) is 2.90. The summed E-state index contributed by atoms with van der Waals surface area (Å²) in [7, 11) is 0. The molecule has 4 heteroatoms. The summed E-state index contributed by atoms with van der Waals surface area (Å²) in [5.74, 6) is 0. The Balaban J connectivity index is 2.31. The summed E-state index contributed by atoms with van der Waals surface area (Å²) in [6.07, 6.45) is 0. The summed E-state index contributed by atoms with van der Waals surface area (Å²) >= 11 is 6.95. The summed E-state index contributed by atoms with van der Waals surface area (Å²) in [5, 5.41) is 6.66. The molecule has 0 aromatic heterocycles. The summed E-state index contributed by atoms with van der Waals surface area (Å²) in [6.45, 7) is 6.07. The molecule has 1 aromatic carbocycles. The zero-order chi connectivity index (χ0) is 11.1. The SMILES string of the molecule is CCNCCNCc1cc(Br)cc(Br)c1. The molecule has 2 nitrogen and oxygen atoms in total. The number of halogens is 2. The van der Waals surface area contributed by atoms with Gasteiger partial charge in [0.1, 0.15) is 0 Å². The highest BCUT2D eigenvalue weighted by molar-refractivity contribution is 9.11. The zero-order valence-corrected chi connectivity index (χ0v) is 12.0. The molecule has 0 aliphatic carbocycles. The fourth-order valence-corrected chi connectivity index (χ4v) is 2.69. The van der Waals surface area contributed by atoms with E-state index in [9.17, 15) is 0 Å². The highest BCUT2D eigenvalue weighted by Gasteiger charge is 1.96. The fraction of sp³-hybridized carbons (Fsp3) is 0.455. The maximum absolute atomic E-state index is 3.48. The van der Waals surface area contributed by atoms with Crippen LogP contribution in [0, 0.1) is 0 Å². The molecule has 84 valence electrons. The number of hydrogen-bond acceptors (Lipinski definition) is 2. The van der Waals surface area contributed by atoms with E-state index < -0.39 is 0 Å². The first-order valence-corrected chi connectivity index (χ1v) is 6.67. The largest absolute Gasteiger partial charge is 0.316 e. The lowest BCUT2D eigenvalue weighted by molar-refractivity contribution is 0.625. The molecule has 0 saturated heterocycles. The molecule has 0 atom stereocenters. The maximum atomic E-state index is 3.48. The van der Waals surface area contributed by atoms with Crippen LogP contribution in [-0.2, 0) is 6.54 Å². The Bertz CT molecular complexity index is 282. The van der Waals surface area contributed by atoms with Crippen LogP contribution in [0.1, 0.15) is 12.5 Å². The summed E-state index contributed by atoms with van der Waals surface area (Å²) in [4.78, 5) is 0. The molecule has 0 aliphatic heterocycles. The lowest BCUT2D eigenvalue weighted by Crippen LogP contribution is -2.26. The van der Waals surface area contributed by atoms with Gasteiger partial charge in [-0.1, -0.05) is 38.8 Å². The second-order valence-corrected chi connectivity index (χ2v) is 5.14. The lowest BCUT2D eigenvalue weighted by atomic mass is 10.2. The predicted octanol–water partition coefficient (Wildman–Crippen LogP) is 2.91. The van der Waals surface area contributed by atoms with Gasteiger partial charge in [0.2, 0.25) is 0 Å². The molecule has 0 heterocycles. The highest BCUT2D eigenvalue weighted by Crippen LogP contribution is 2.19. The monoisotopic (exact) mass is 334 g/mol. The smallest absolute Gasteiger partial charge is 0.0206 e. The van der Waals surface area contributed by atoms with E-state index in [2.05, 4.69) is 61.5 Å². The number of hydrogen-bond donors (Lipinski definition) is 2. The zero-order valence-electron chi connectivity index (χ0n) is 8.82. The number of nitrogens with one attached hydrogen (secondary N) is 2. The number of rotatable bonds is 6. The maximum Gasteiger partial charge on any atom is 0.0206 e. The van der Waals surface area contributed by atoms with Crippen LogP contribution in [0.15, 0.2) is 27.1 Å². The van der Waals surface area contributed by atoms with Gasteiger partial charge in [-0.15, -0.1) is 0 Å². The van der Waals surface area contributed by atoms with Gasteiger partial charge in [0.15, 0.2) is 0 Å². The molecule has 0 fully saturated rings. The molecule has 0 bridgehead atoms. The molecule has 0 unspecified atom stereocenters. The van der Waals surface area contributed by atoms with Gasteiger partial charge < -0.3 is 10.6 Å². The van der Waals surface area contributed by atoms with E-state index in [4.69, 9.17) is 0 Å². The van der Waals surface area contributed by atoms with Gasteiger partial charge in [-0.25, -0.2) is 0 Å². The van der Waals surface area contributed by atoms with Crippen molar-refractivity contribution in [1.82, 2.24) is 10.6 Å². The third-order valence-electron chi connectivity index (χ3n) is 1.98. The van der Waals surface area contributed by atoms with Crippen LogP contribution >= 0.6 is 31.9 Å². The van der Waals surface area contributed by atoms with Crippen molar-refractivity contribution in [2.75, 3.05) is 19.6 Å². The van der Waals surface area contributed by atoms with E-state index in [1.54, 1.807) is 0 Å². The van der Waals surface area contributed by atoms with Crippen molar-refractivity contribution >= 4 is 31.9 Å². The second kappa shape index (κ2) is 7.39. The molecule has 1 aromatic rings. The van der Waals surface area contributed by atoms with Crippen molar-refractivity contribution in [2.45, 2.75) is 13.5 Å². The Morgan fingerprint density at radius 1 is 1.00 bits per heavy atom. The quantitative estimate of drug-likeness (QED) is 0.781. The minimum Gasteiger partial charge on any atom is -0.316 e. The van der Waals surface area contributed by atoms with Crippen LogP contribution < -0.4 is 10.6 Å². The first-order valence-electron chi connectivity index (χ1n) is 5.08. The van der Waals surface area contributed by atoms with Crippen molar-refractivity contribution in [3.05, 3.63) is 32.7 Å². The molecular weight excluding hydrogens is 320 g/mol. The summed E-state index contributed by atoms with van der Waals surface area (Å²) in [6, 6.07) is 6.30. The summed E-state index contributed by atoms with van der Waals surface area (Å²) < 4.78 is 2.22. The Kier molecular flexibility index (Phi) is 6.48. The van der Waals surface area contributed by atoms with E-state index in [-0.39, 0.29) is 0 Å². The van der Waals surface area contributed by atoms with E-state index in [0.29, 0.717) is 0 Å². The van der Waals surface area contributed by atoms with Gasteiger partial charge in [0, 0.05) is 28.6 Å². The third kappa shape index (κ3) is 5.66. The minimum absolute atomic E-state index is 0.906. The van der Waals surface area contributed by atoms with Gasteiger partial charge >= 0.3 is 0 Å². The van der Waals surface area contributed by atoms with Gasteiger partial charge in [-0.3, -0.25) is 0 Å². The molecule has 0 aliphatic rings. The van der Waals surface area contributed by atoms with Crippen LogP contribution in [0.4, 0.5) is 0 Å². The Morgan fingerprint density at radius 2 is 1.60 bits per heavy atom. The van der Waals surface area contributed by atoms with E-state index in [1.807, 2.05) is 6.07 Å². The molecule has 2 N–H and O–H groups in total. The molecule has 1 rings (SSSR count). The average Bonchev–Trinajstić information content (AvgIpc) is 2.16. The first kappa shape index (κ1) is 13.2. The Labute approximate surface area is 108 Å². The normalized spacial score (nSPS) is 10.6. The van der Waals surface area contributed by atoms with E-state index in [0.717, 1.165) is 35.1 Å². The van der Waals surface area contributed by atoms with Gasteiger partial charge in [0.05, 0.1) is 0 Å². The van der Waals surface area contributed by atoms with Crippen molar-refractivity contribution in [3.63, 3.8) is 0 Å². The van der Waals surface area contributed by atoms with Crippen LogP contribution in [0.25, 0.3) is 0 Å². The summed E-state index contributed by atoms with van der Waals surface area (Å²) in [5.41, 5.74) is 1.28. The predicted molar refractivity (Wildman–Crippen MR) is 72.1 cm³/mol.